The summed E-state index contributed by atoms with van der Waals surface area (Å²) in [5, 5.41) is 0. The number of hydrogen-bond donors (Lipinski definition) is 0. The molecule has 0 heterocycles. The zero-order valence-electron chi connectivity index (χ0n) is 13.6. The van der Waals surface area contributed by atoms with Gasteiger partial charge in [-0.15, -0.1) is 0 Å². The van der Waals surface area contributed by atoms with Crippen LogP contribution in [-0.2, 0) is 22.0 Å². The summed E-state index contributed by atoms with van der Waals surface area (Å²) in [4.78, 5) is 11.9. The van der Waals surface area contributed by atoms with Gasteiger partial charge < -0.3 is 0 Å². The van der Waals surface area contributed by atoms with Crippen molar-refractivity contribution in [2.75, 3.05) is 0 Å². The number of carbonyl (C=O) groups is 1. The Hall–Kier alpha value is -1.11. The number of carbonyl (C=O) groups excluding carboxylic acids is 1. The predicted molar refractivity (Wildman–Crippen MR) is 83.4 cm³/mol. The van der Waals surface area contributed by atoms with Crippen LogP contribution in [0.15, 0.2) is 12.1 Å². The summed E-state index contributed by atoms with van der Waals surface area (Å²) >= 11 is 0. The number of fused-ring (bicyclic) bond motifs is 2. The number of ketones is 1. The van der Waals surface area contributed by atoms with Gasteiger partial charge in [0.05, 0.1) is 0 Å². The molecule has 2 aliphatic rings. The molecule has 1 nitrogen and oxygen atoms in total. The summed E-state index contributed by atoms with van der Waals surface area (Å²) in [6.07, 6.45) is 1.35. The second kappa shape index (κ2) is 3.96. The fourth-order valence-corrected chi connectivity index (χ4v) is 4.44. The molecule has 2 unspecified atom stereocenters. The SMILES string of the molecule is CC1CC(=O)Cc2cc3c(cc21)C(C)(C)C(C)C3(C)C. The third kappa shape index (κ3) is 1.65. The van der Waals surface area contributed by atoms with E-state index in [4.69, 9.17) is 0 Å². The standard InChI is InChI=1S/C19H26O/c1-11-7-14(20)8-13-9-16-17(10-15(11)13)19(5,6)12(2)18(16,3)4/h9-12H,7-8H2,1-6H3. The number of rotatable bonds is 0. The van der Waals surface area contributed by atoms with Gasteiger partial charge in [-0.05, 0) is 44.9 Å². The molecular weight excluding hydrogens is 244 g/mol. The van der Waals surface area contributed by atoms with Crippen LogP contribution in [0.2, 0.25) is 0 Å². The number of hydrogen-bond acceptors (Lipinski definition) is 1. The molecule has 0 spiro atoms. The molecule has 1 heteroatoms. The van der Waals surface area contributed by atoms with E-state index in [1.165, 1.54) is 22.3 Å². The summed E-state index contributed by atoms with van der Waals surface area (Å²) in [5.41, 5.74) is 6.09. The molecule has 0 aromatic heterocycles. The first kappa shape index (κ1) is 13.9. The van der Waals surface area contributed by atoms with E-state index in [9.17, 15) is 4.79 Å². The van der Waals surface area contributed by atoms with Crippen LogP contribution in [0.1, 0.15) is 76.1 Å². The van der Waals surface area contributed by atoms with Crippen molar-refractivity contribution in [3.63, 3.8) is 0 Å². The Morgan fingerprint density at radius 1 is 1.00 bits per heavy atom. The average Bonchev–Trinajstić information content (AvgIpc) is 2.47. The van der Waals surface area contributed by atoms with Gasteiger partial charge in [-0.1, -0.05) is 53.7 Å². The van der Waals surface area contributed by atoms with Crippen molar-refractivity contribution in [1.29, 1.82) is 0 Å². The van der Waals surface area contributed by atoms with Crippen LogP contribution in [0.5, 0.6) is 0 Å². The molecule has 20 heavy (non-hydrogen) atoms. The topological polar surface area (TPSA) is 17.1 Å². The molecule has 108 valence electrons. The molecule has 2 aliphatic carbocycles. The van der Waals surface area contributed by atoms with Crippen molar-refractivity contribution in [3.05, 3.63) is 34.4 Å². The first-order valence-electron chi connectivity index (χ1n) is 7.85. The highest BCUT2D eigenvalue weighted by Crippen LogP contribution is 2.54. The molecule has 0 amide bonds. The van der Waals surface area contributed by atoms with Gasteiger partial charge in [0.2, 0.25) is 0 Å². The molecule has 1 aromatic carbocycles. The lowest BCUT2D eigenvalue weighted by Crippen LogP contribution is -2.30. The van der Waals surface area contributed by atoms with Crippen molar-refractivity contribution in [1.82, 2.24) is 0 Å². The van der Waals surface area contributed by atoms with E-state index in [0.717, 1.165) is 0 Å². The summed E-state index contributed by atoms with van der Waals surface area (Å²) < 4.78 is 0. The van der Waals surface area contributed by atoms with Crippen molar-refractivity contribution in [2.24, 2.45) is 5.92 Å². The highest BCUT2D eigenvalue weighted by atomic mass is 16.1. The Balaban J connectivity index is 2.25. The van der Waals surface area contributed by atoms with E-state index in [0.29, 0.717) is 30.5 Å². The zero-order valence-corrected chi connectivity index (χ0v) is 13.6. The van der Waals surface area contributed by atoms with Crippen LogP contribution in [0.25, 0.3) is 0 Å². The van der Waals surface area contributed by atoms with Crippen LogP contribution in [-0.4, -0.2) is 5.78 Å². The third-order valence-corrected chi connectivity index (χ3v) is 6.29. The zero-order chi connectivity index (χ0) is 14.9. The first-order chi connectivity index (χ1) is 9.15. The van der Waals surface area contributed by atoms with Gasteiger partial charge >= 0.3 is 0 Å². The van der Waals surface area contributed by atoms with Crippen LogP contribution in [0.4, 0.5) is 0 Å². The minimum Gasteiger partial charge on any atom is -0.299 e. The lowest BCUT2D eigenvalue weighted by molar-refractivity contribution is -0.119. The lowest BCUT2D eigenvalue weighted by atomic mass is 9.71. The molecule has 0 fully saturated rings. The highest BCUT2D eigenvalue weighted by Gasteiger charge is 2.49. The Bertz CT molecular complexity index is 592. The van der Waals surface area contributed by atoms with Gasteiger partial charge in [0, 0.05) is 12.8 Å². The molecule has 0 bridgehead atoms. The van der Waals surface area contributed by atoms with E-state index in [2.05, 4.69) is 53.7 Å². The van der Waals surface area contributed by atoms with E-state index in [-0.39, 0.29) is 10.8 Å². The molecule has 0 radical (unpaired) electrons. The summed E-state index contributed by atoms with van der Waals surface area (Å²) in [6, 6.07) is 4.77. The first-order valence-corrected chi connectivity index (χ1v) is 7.85. The molecular formula is C19H26O. The largest absolute Gasteiger partial charge is 0.299 e. The van der Waals surface area contributed by atoms with Crippen molar-refractivity contribution >= 4 is 5.78 Å². The van der Waals surface area contributed by atoms with Gasteiger partial charge in [-0.3, -0.25) is 4.79 Å². The van der Waals surface area contributed by atoms with Gasteiger partial charge in [-0.25, -0.2) is 0 Å². The molecule has 0 saturated carbocycles. The fourth-order valence-electron chi connectivity index (χ4n) is 4.44. The monoisotopic (exact) mass is 270 g/mol. The Kier molecular flexibility index (Phi) is 2.74. The van der Waals surface area contributed by atoms with Crippen molar-refractivity contribution in [2.45, 2.75) is 71.1 Å². The van der Waals surface area contributed by atoms with E-state index in [1.54, 1.807) is 0 Å². The van der Waals surface area contributed by atoms with Gasteiger partial charge in [0.15, 0.2) is 0 Å². The van der Waals surface area contributed by atoms with Crippen molar-refractivity contribution < 1.29 is 4.79 Å². The summed E-state index contributed by atoms with van der Waals surface area (Å²) in [5.74, 6) is 1.39. The van der Waals surface area contributed by atoms with E-state index >= 15 is 0 Å². The molecule has 0 saturated heterocycles. The molecule has 3 rings (SSSR count). The maximum Gasteiger partial charge on any atom is 0.137 e. The van der Waals surface area contributed by atoms with Gasteiger partial charge in [0.1, 0.15) is 5.78 Å². The summed E-state index contributed by atoms with van der Waals surface area (Å²) in [6.45, 7) is 14.0. The molecule has 2 atom stereocenters. The molecule has 0 aliphatic heterocycles. The number of benzene rings is 1. The van der Waals surface area contributed by atoms with E-state index in [1.807, 2.05) is 0 Å². The van der Waals surface area contributed by atoms with Crippen molar-refractivity contribution in [3.8, 4) is 0 Å². The maximum absolute atomic E-state index is 11.9. The van der Waals surface area contributed by atoms with Crippen LogP contribution in [0.3, 0.4) is 0 Å². The maximum atomic E-state index is 11.9. The summed E-state index contributed by atoms with van der Waals surface area (Å²) in [7, 11) is 0. The second-order valence-electron chi connectivity index (χ2n) is 8.08. The average molecular weight is 270 g/mol. The Morgan fingerprint density at radius 3 is 2.15 bits per heavy atom. The van der Waals surface area contributed by atoms with Crippen LogP contribution < -0.4 is 0 Å². The Labute approximate surface area is 122 Å². The van der Waals surface area contributed by atoms with Crippen LogP contribution in [0, 0.1) is 5.92 Å². The predicted octanol–water partition coefficient (Wildman–Crippen LogP) is 4.51. The quantitative estimate of drug-likeness (QED) is 0.678. The van der Waals surface area contributed by atoms with Gasteiger partial charge in [0.25, 0.3) is 0 Å². The number of Topliss-reactive ketones (excluding diaryl/α,β-unsaturated/α-hetero) is 1. The Morgan fingerprint density at radius 2 is 1.55 bits per heavy atom. The molecule has 0 N–H and O–H groups in total. The van der Waals surface area contributed by atoms with E-state index < -0.39 is 0 Å². The minimum atomic E-state index is 0.192. The lowest BCUT2D eigenvalue weighted by Gasteiger charge is -2.32. The normalized spacial score (nSPS) is 30.0. The highest BCUT2D eigenvalue weighted by molar-refractivity contribution is 5.84. The van der Waals surface area contributed by atoms with Crippen LogP contribution >= 0.6 is 0 Å². The second-order valence-corrected chi connectivity index (χ2v) is 8.08. The fraction of sp³-hybridized carbons (Fsp3) is 0.632. The smallest absolute Gasteiger partial charge is 0.137 e. The third-order valence-electron chi connectivity index (χ3n) is 6.29. The molecule has 1 aromatic rings. The van der Waals surface area contributed by atoms with Gasteiger partial charge in [-0.2, -0.15) is 0 Å². The minimum absolute atomic E-state index is 0.192.